The third-order valence-corrected chi connectivity index (χ3v) is 6.22. The lowest BCUT2D eigenvalue weighted by atomic mass is 9.72. The van der Waals surface area contributed by atoms with E-state index in [0.29, 0.717) is 25.3 Å². The van der Waals surface area contributed by atoms with Gasteiger partial charge in [-0.15, -0.1) is 0 Å². The van der Waals surface area contributed by atoms with Crippen LogP contribution < -0.4 is 14.9 Å². The molecule has 8 nitrogen and oxygen atoms in total. The minimum absolute atomic E-state index is 0.161. The second kappa shape index (κ2) is 7.56. The molecule has 1 saturated heterocycles. The van der Waals surface area contributed by atoms with Crippen molar-refractivity contribution in [2.24, 2.45) is 5.41 Å². The lowest BCUT2D eigenvalue weighted by molar-refractivity contribution is 0.0981. The zero-order valence-corrected chi connectivity index (χ0v) is 18.5. The number of carbonyl (C=O) groups excluding carboxylic acids is 2. The van der Waals surface area contributed by atoms with Gasteiger partial charge in [-0.05, 0) is 41.2 Å². The molecule has 164 valence electrons. The summed E-state index contributed by atoms with van der Waals surface area (Å²) in [5.41, 5.74) is 3.37. The summed E-state index contributed by atoms with van der Waals surface area (Å²) < 4.78 is 30.2. The molecule has 1 unspecified atom stereocenters. The van der Waals surface area contributed by atoms with Crippen molar-refractivity contribution in [2.45, 2.75) is 26.3 Å². The van der Waals surface area contributed by atoms with Crippen molar-refractivity contribution in [1.29, 1.82) is 0 Å². The Morgan fingerprint density at radius 3 is 2.65 bits per heavy atom. The molecule has 31 heavy (non-hydrogen) atoms. The molecule has 9 heteroatoms. The number of carbonyl (C=O) groups is 2. The summed E-state index contributed by atoms with van der Waals surface area (Å²) >= 11 is 0. The Morgan fingerprint density at radius 2 is 1.97 bits per heavy atom. The van der Waals surface area contributed by atoms with Crippen LogP contribution >= 0.6 is 0 Å². The summed E-state index contributed by atoms with van der Waals surface area (Å²) in [6.45, 7) is 5.13. The molecule has 2 aromatic rings. The molecule has 2 aromatic carbocycles. The lowest BCUT2D eigenvalue weighted by Gasteiger charge is -2.42. The molecule has 1 fully saturated rings. The highest BCUT2D eigenvalue weighted by molar-refractivity contribution is 7.89. The highest BCUT2D eigenvalue weighted by atomic mass is 32.2. The molecule has 0 spiro atoms. The van der Waals surface area contributed by atoms with E-state index in [2.05, 4.69) is 19.2 Å². The Hall–Kier alpha value is -3.07. The van der Waals surface area contributed by atoms with Gasteiger partial charge in [0, 0.05) is 5.69 Å². The number of rotatable bonds is 4. The van der Waals surface area contributed by atoms with Gasteiger partial charge in [0.2, 0.25) is 10.0 Å². The third-order valence-electron chi connectivity index (χ3n) is 5.67. The van der Waals surface area contributed by atoms with E-state index in [1.807, 2.05) is 35.1 Å². The highest BCUT2D eigenvalue weighted by Crippen LogP contribution is 2.46. The molecule has 0 bridgehead atoms. The average molecular weight is 444 g/mol. The van der Waals surface area contributed by atoms with Crippen LogP contribution in [0.25, 0.3) is 0 Å². The van der Waals surface area contributed by atoms with Crippen LogP contribution in [0.3, 0.4) is 0 Å². The number of fused-ring (bicyclic) bond motifs is 1. The van der Waals surface area contributed by atoms with Crippen molar-refractivity contribution >= 4 is 33.4 Å². The van der Waals surface area contributed by atoms with Gasteiger partial charge in [0.25, 0.3) is 5.91 Å². The number of nitrogens with one attached hydrogen (secondary N) is 2. The minimum atomic E-state index is -3.68. The fourth-order valence-corrected chi connectivity index (χ4v) is 4.74. The number of sulfonamides is 1. The SMILES string of the molecule is CC1(C)Cc2cccc(C(=O)NS(C)(=O)=O)c2NC1c1cccc(N2CCOC2=O)c1. The predicted molar refractivity (Wildman–Crippen MR) is 118 cm³/mol. The third kappa shape index (κ3) is 4.23. The number of para-hydroxylation sites is 1. The summed E-state index contributed by atoms with van der Waals surface area (Å²) in [6.07, 6.45) is 1.28. The van der Waals surface area contributed by atoms with Crippen molar-refractivity contribution in [3.8, 4) is 0 Å². The molecule has 2 aliphatic rings. The summed E-state index contributed by atoms with van der Waals surface area (Å²) in [6, 6.07) is 12.8. The van der Waals surface area contributed by atoms with Crippen molar-refractivity contribution in [3.05, 3.63) is 59.2 Å². The Kier molecular flexibility index (Phi) is 5.17. The standard InChI is InChI=1S/C22H25N3O5S/c1-22(2)13-15-7-5-9-17(20(26)24-31(3,28)29)18(15)23-19(22)14-6-4-8-16(12-14)25-10-11-30-21(25)27/h4-9,12,19,23H,10-11,13H2,1-3H3,(H,24,26). The van der Waals surface area contributed by atoms with E-state index in [1.165, 1.54) is 0 Å². The van der Waals surface area contributed by atoms with Crippen molar-refractivity contribution in [3.63, 3.8) is 0 Å². The molecule has 0 saturated carbocycles. The van der Waals surface area contributed by atoms with Gasteiger partial charge in [-0.1, -0.05) is 38.1 Å². The number of benzene rings is 2. The van der Waals surface area contributed by atoms with Crippen LogP contribution in [-0.2, 0) is 21.2 Å². The van der Waals surface area contributed by atoms with Crippen molar-refractivity contribution in [2.75, 3.05) is 29.6 Å². The van der Waals surface area contributed by atoms with Crippen LogP contribution in [0, 0.1) is 5.41 Å². The van der Waals surface area contributed by atoms with Crippen LogP contribution in [0.15, 0.2) is 42.5 Å². The molecular weight excluding hydrogens is 418 g/mol. The number of hydrogen-bond acceptors (Lipinski definition) is 6. The van der Waals surface area contributed by atoms with Crippen LogP contribution in [0.2, 0.25) is 0 Å². The monoisotopic (exact) mass is 443 g/mol. The van der Waals surface area contributed by atoms with Gasteiger partial charge >= 0.3 is 6.09 Å². The van der Waals surface area contributed by atoms with Gasteiger partial charge in [0.05, 0.1) is 30.1 Å². The van der Waals surface area contributed by atoms with Gasteiger partial charge in [0.15, 0.2) is 0 Å². The first-order chi connectivity index (χ1) is 14.5. The molecule has 2 amide bonds. The molecule has 2 heterocycles. The second-order valence-corrected chi connectivity index (χ2v) is 10.4. The maximum atomic E-state index is 12.6. The number of anilines is 2. The Morgan fingerprint density at radius 1 is 1.23 bits per heavy atom. The Labute approximate surface area is 181 Å². The average Bonchev–Trinajstić information content (AvgIpc) is 3.11. The summed E-state index contributed by atoms with van der Waals surface area (Å²) in [4.78, 5) is 26.2. The van der Waals surface area contributed by atoms with Crippen LogP contribution in [0.1, 0.15) is 41.4 Å². The van der Waals surface area contributed by atoms with Gasteiger partial charge in [-0.2, -0.15) is 0 Å². The van der Waals surface area contributed by atoms with Crippen LogP contribution in [0.5, 0.6) is 0 Å². The number of cyclic esters (lactones) is 1. The molecule has 2 aliphatic heterocycles. The number of hydrogen-bond donors (Lipinski definition) is 2. The summed E-state index contributed by atoms with van der Waals surface area (Å²) in [5, 5.41) is 3.48. The van der Waals surface area contributed by atoms with Gasteiger partial charge < -0.3 is 10.1 Å². The van der Waals surface area contributed by atoms with Gasteiger partial charge in [0.1, 0.15) is 6.61 Å². The zero-order valence-electron chi connectivity index (χ0n) is 17.6. The van der Waals surface area contributed by atoms with Crippen LogP contribution in [-0.4, -0.2) is 39.8 Å². The van der Waals surface area contributed by atoms with E-state index in [9.17, 15) is 18.0 Å². The van der Waals surface area contributed by atoms with E-state index in [-0.39, 0.29) is 23.1 Å². The topological polar surface area (TPSA) is 105 Å². The molecular formula is C22H25N3O5S. The highest BCUT2D eigenvalue weighted by Gasteiger charge is 2.38. The van der Waals surface area contributed by atoms with Crippen molar-refractivity contribution in [1.82, 2.24) is 4.72 Å². The lowest BCUT2D eigenvalue weighted by Crippen LogP contribution is -2.37. The van der Waals surface area contributed by atoms with E-state index < -0.39 is 15.9 Å². The number of ether oxygens (including phenoxy) is 1. The van der Waals surface area contributed by atoms with Crippen LogP contribution in [0.4, 0.5) is 16.2 Å². The zero-order chi connectivity index (χ0) is 22.4. The quantitative estimate of drug-likeness (QED) is 0.753. The first kappa shape index (κ1) is 21.2. The summed E-state index contributed by atoms with van der Waals surface area (Å²) in [7, 11) is -3.68. The fourth-order valence-electron chi connectivity index (χ4n) is 4.30. The van der Waals surface area contributed by atoms with Gasteiger partial charge in [-0.25, -0.2) is 17.9 Å². The first-order valence-electron chi connectivity index (χ1n) is 10.00. The Balaban J connectivity index is 1.71. The molecule has 0 aromatic heterocycles. The van der Waals surface area contributed by atoms with E-state index in [0.717, 1.165) is 23.1 Å². The first-order valence-corrected chi connectivity index (χ1v) is 11.9. The normalized spacial score (nSPS) is 19.9. The number of amides is 2. The Bertz CT molecular complexity index is 1160. The van der Waals surface area contributed by atoms with Gasteiger partial charge in [-0.3, -0.25) is 9.69 Å². The second-order valence-electron chi connectivity index (χ2n) is 8.65. The van der Waals surface area contributed by atoms with Crippen molar-refractivity contribution < 1.29 is 22.7 Å². The summed E-state index contributed by atoms with van der Waals surface area (Å²) in [5.74, 6) is -0.668. The van der Waals surface area contributed by atoms with E-state index in [1.54, 1.807) is 17.0 Å². The molecule has 0 radical (unpaired) electrons. The number of nitrogens with zero attached hydrogens (tertiary/aromatic N) is 1. The molecule has 4 rings (SSSR count). The largest absolute Gasteiger partial charge is 0.447 e. The fraction of sp³-hybridized carbons (Fsp3) is 0.364. The van der Waals surface area contributed by atoms with E-state index >= 15 is 0 Å². The maximum Gasteiger partial charge on any atom is 0.414 e. The maximum absolute atomic E-state index is 12.6. The van der Waals surface area contributed by atoms with E-state index in [4.69, 9.17) is 4.74 Å². The minimum Gasteiger partial charge on any atom is -0.447 e. The molecule has 2 N–H and O–H groups in total. The molecule has 1 atom stereocenters. The smallest absolute Gasteiger partial charge is 0.414 e. The molecule has 0 aliphatic carbocycles. The predicted octanol–water partition coefficient (Wildman–Crippen LogP) is 3.07.